The highest BCUT2D eigenvalue weighted by atomic mass is 32.2. The monoisotopic (exact) mass is 361 g/mol. The average molecular weight is 361 g/mol. The number of hydrogen-bond acceptors (Lipinski definition) is 4. The van der Waals surface area contributed by atoms with Crippen LogP contribution in [0.3, 0.4) is 0 Å². The molecule has 3 N–H and O–H groups in total. The Morgan fingerprint density at radius 3 is 2.52 bits per heavy atom. The van der Waals surface area contributed by atoms with Gasteiger partial charge in [0.15, 0.2) is 17.5 Å². The van der Waals surface area contributed by atoms with Crippen molar-refractivity contribution in [2.45, 2.75) is 11.4 Å². The van der Waals surface area contributed by atoms with E-state index in [2.05, 4.69) is 10.3 Å². The van der Waals surface area contributed by atoms with Crippen LogP contribution in [0.5, 0.6) is 11.5 Å². The van der Waals surface area contributed by atoms with E-state index in [0.717, 1.165) is 10.5 Å². The van der Waals surface area contributed by atoms with Crippen LogP contribution in [0.1, 0.15) is 5.56 Å². The summed E-state index contributed by atoms with van der Waals surface area (Å²) in [7, 11) is 2.13. The summed E-state index contributed by atoms with van der Waals surface area (Å²) < 4.78 is 22.6. The fourth-order valence-electron chi connectivity index (χ4n) is 2.17. The second kappa shape index (κ2) is 9.68. The van der Waals surface area contributed by atoms with Gasteiger partial charge in [0.2, 0.25) is 0 Å². The lowest BCUT2D eigenvalue weighted by Gasteiger charge is -2.09. The van der Waals surface area contributed by atoms with Crippen molar-refractivity contribution in [1.82, 2.24) is 5.32 Å². The van der Waals surface area contributed by atoms with Crippen LogP contribution < -0.4 is 20.5 Å². The van der Waals surface area contributed by atoms with E-state index in [0.29, 0.717) is 36.3 Å². The molecule has 0 spiro atoms. The number of nitrogens with two attached hydrogens (primary N) is 1. The van der Waals surface area contributed by atoms with Gasteiger partial charge in [-0.15, -0.1) is 0 Å². The van der Waals surface area contributed by atoms with Crippen LogP contribution in [0, 0.1) is 0 Å². The van der Waals surface area contributed by atoms with E-state index in [-0.39, 0.29) is 0 Å². The first-order valence-electron chi connectivity index (χ1n) is 7.82. The number of benzene rings is 2. The molecule has 0 amide bonds. The molecule has 0 aliphatic carbocycles. The molecule has 1 atom stereocenters. The minimum atomic E-state index is -1.05. The van der Waals surface area contributed by atoms with E-state index in [1.54, 1.807) is 14.2 Å². The summed E-state index contributed by atoms with van der Waals surface area (Å²) in [4.78, 5) is 5.09. The Morgan fingerprint density at radius 2 is 1.84 bits per heavy atom. The molecule has 0 heterocycles. The van der Waals surface area contributed by atoms with Crippen molar-refractivity contribution in [1.29, 1.82) is 0 Å². The van der Waals surface area contributed by atoms with E-state index in [9.17, 15) is 4.21 Å². The molecule has 2 aromatic rings. The molecular weight excluding hydrogens is 338 g/mol. The number of rotatable bonds is 8. The molecule has 0 fully saturated rings. The van der Waals surface area contributed by atoms with Gasteiger partial charge in [0, 0.05) is 17.2 Å². The molecule has 6 nitrogen and oxygen atoms in total. The average Bonchev–Trinajstić information content (AvgIpc) is 2.66. The first-order valence-corrected chi connectivity index (χ1v) is 9.14. The van der Waals surface area contributed by atoms with Gasteiger partial charge in [-0.05, 0) is 29.8 Å². The van der Waals surface area contributed by atoms with Crippen LogP contribution >= 0.6 is 0 Å². The molecule has 1 unspecified atom stereocenters. The third-order valence-corrected chi connectivity index (χ3v) is 4.85. The molecule has 7 heteroatoms. The van der Waals surface area contributed by atoms with Crippen LogP contribution in [0.4, 0.5) is 0 Å². The molecule has 25 heavy (non-hydrogen) atoms. The fourth-order valence-corrected chi connectivity index (χ4v) is 3.16. The van der Waals surface area contributed by atoms with E-state index in [1.165, 1.54) is 0 Å². The number of nitrogens with one attached hydrogen (secondary N) is 1. The van der Waals surface area contributed by atoms with Crippen molar-refractivity contribution in [3.8, 4) is 11.5 Å². The third kappa shape index (κ3) is 5.79. The van der Waals surface area contributed by atoms with Gasteiger partial charge < -0.3 is 20.5 Å². The normalized spacial score (nSPS) is 12.5. The van der Waals surface area contributed by atoms with Crippen molar-refractivity contribution < 1.29 is 13.7 Å². The Balaban J connectivity index is 1.83. The summed E-state index contributed by atoms with van der Waals surface area (Å²) >= 11 is 0. The summed E-state index contributed by atoms with van der Waals surface area (Å²) in [5.74, 6) is 2.11. The van der Waals surface area contributed by atoms with E-state index < -0.39 is 10.8 Å². The summed E-state index contributed by atoms with van der Waals surface area (Å²) in [5.41, 5.74) is 6.81. The Kier molecular flexibility index (Phi) is 7.28. The second-order valence-corrected chi connectivity index (χ2v) is 6.75. The molecule has 0 radical (unpaired) electrons. The third-order valence-electron chi connectivity index (χ3n) is 3.48. The molecule has 0 saturated carbocycles. The Bertz CT molecular complexity index is 736. The maximum atomic E-state index is 12.1. The predicted molar refractivity (Wildman–Crippen MR) is 101 cm³/mol. The zero-order valence-corrected chi connectivity index (χ0v) is 15.2. The first-order chi connectivity index (χ1) is 12.1. The molecule has 0 bridgehead atoms. The maximum absolute atomic E-state index is 12.1. The number of ether oxygens (including phenoxy) is 2. The molecule has 2 aromatic carbocycles. The standard InChI is InChI=1S/C18H23N3O3S/c1-23-16-9-8-14(12-17(16)24-2)13-21-18(19)20-10-11-25(22)15-6-4-3-5-7-15/h3-9,12H,10-11,13H2,1-2H3,(H3,19,20,21). The van der Waals surface area contributed by atoms with Crippen LogP contribution in [0.25, 0.3) is 0 Å². The highest BCUT2D eigenvalue weighted by molar-refractivity contribution is 7.85. The second-order valence-electron chi connectivity index (χ2n) is 5.18. The SMILES string of the molecule is COc1ccc(CN=C(N)NCCS(=O)c2ccccc2)cc1OC. The Morgan fingerprint density at radius 1 is 1.12 bits per heavy atom. The number of hydrogen-bond donors (Lipinski definition) is 2. The summed E-state index contributed by atoms with van der Waals surface area (Å²) in [6.07, 6.45) is 0. The van der Waals surface area contributed by atoms with Gasteiger partial charge in [0.05, 0.1) is 31.6 Å². The van der Waals surface area contributed by atoms with Crippen LogP contribution in [-0.4, -0.2) is 36.7 Å². The van der Waals surface area contributed by atoms with Crippen molar-refractivity contribution in [3.05, 3.63) is 54.1 Å². The summed E-state index contributed by atoms with van der Waals surface area (Å²) in [6.45, 7) is 0.906. The van der Waals surface area contributed by atoms with Crippen molar-refractivity contribution >= 4 is 16.8 Å². The van der Waals surface area contributed by atoms with Crippen LogP contribution in [0.2, 0.25) is 0 Å². The minimum absolute atomic E-state index is 0.319. The largest absolute Gasteiger partial charge is 0.493 e. The first kappa shape index (κ1) is 18.8. The van der Waals surface area contributed by atoms with E-state index >= 15 is 0 Å². The van der Waals surface area contributed by atoms with Crippen molar-refractivity contribution in [2.75, 3.05) is 26.5 Å². The molecule has 2 rings (SSSR count). The lowest BCUT2D eigenvalue weighted by molar-refractivity contribution is 0.354. The summed E-state index contributed by atoms with van der Waals surface area (Å²) in [6, 6.07) is 14.9. The van der Waals surface area contributed by atoms with Crippen LogP contribution in [0.15, 0.2) is 58.4 Å². The van der Waals surface area contributed by atoms with E-state index in [4.69, 9.17) is 15.2 Å². The predicted octanol–water partition coefficient (Wildman–Crippen LogP) is 1.92. The molecule has 0 saturated heterocycles. The van der Waals surface area contributed by atoms with Gasteiger partial charge in [-0.2, -0.15) is 0 Å². The number of guanidine groups is 1. The highest BCUT2D eigenvalue weighted by Gasteiger charge is 2.05. The fraction of sp³-hybridized carbons (Fsp3) is 0.278. The van der Waals surface area contributed by atoms with Gasteiger partial charge in [-0.1, -0.05) is 24.3 Å². The quantitative estimate of drug-likeness (QED) is 0.554. The van der Waals surface area contributed by atoms with Gasteiger partial charge in [-0.3, -0.25) is 4.21 Å². The Labute approximate surface area is 150 Å². The maximum Gasteiger partial charge on any atom is 0.188 e. The molecule has 0 aliphatic rings. The minimum Gasteiger partial charge on any atom is -0.493 e. The molecule has 0 aromatic heterocycles. The van der Waals surface area contributed by atoms with Crippen molar-refractivity contribution in [2.24, 2.45) is 10.7 Å². The zero-order valence-electron chi connectivity index (χ0n) is 14.4. The zero-order chi connectivity index (χ0) is 18.1. The molecular formula is C18H23N3O3S. The van der Waals surface area contributed by atoms with Crippen LogP contribution in [-0.2, 0) is 17.3 Å². The number of methoxy groups -OCH3 is 2. The molecule has 134 valence electrons. The smallest absolute Gasteiger partial charge is 0.188 e. The van der Waals surface area contributed by atoms with Gasteiger partial charge in [0.1, 0.15) is 0 Å². The topological polar surface area (TPSA) is 85.9 Å². The van der Waals surface area contributed by atoms with Gasteiger partial charge in [0.25, 0.3) is 0 Å². The Hall–Kier alpha value is -2.54. The lowest BCUT2D eigenvalue weighted by Crippen LogP contribution is -2.34. The number of aliphatic imine (C=N–C) groups is 1. The van der Waals surface area contributed by atoms with Gasteiger partial charge in [-0.25, -0.2) is 4.99 Å². The van der Waals surface area contributed by atoms with Gasteiger partial charge >= 0.3 is 0 Å². The van der Waals surface area contributed by atoms with Crippen molar-refractivity contribution in [3.63, 3.8) is 0 Å². The number of nitrogens with zero attached hydrogens (tertiary/aromatic N) is 1. The van der Waals surface area contributed by atoms with E-state index in [1.807, 2.05) is 48.5 Å². The lowest BCUT2D eigenvalue weighted by atomic mass is 10.2. The highest BCUT2D eigenvalue weighted by Crippen LogP contribution is 2.27. The molecule has 0 aliphatic heterocycles. The summed E-state index contributed by atoms with van der Waals surface area (Å²) in [5, 5.41) is 2.98.